The monoisotopic (exact) mass is 382 g/mol. The summed E-state index contributed by atoms with van der Waals surface area (Å²) in [6, 6.07) is 3.55. The summed E-state index contributed by atoms with van der Waals surface area (Å²) in [6.45, 7) is 0. The minimum absolute atomic E-state index is 0.157. The predicted molar refractivity (Wildman–Crippen MR) is 83.7 cm³/mol. The van der Waals surface area contributed by atoms with E-state index in [1.165, 1.54) is 12.8 Å². The van der Waals surface area contributed by atoms with Gasteiger partial charge in [-0.15, -0.1) is 11.6 Å². The fraction of sp³-hybridized carbons (Fsp3) is 0.571. The lowest BCUT2D eigenvalue weighted by Gasteiger charge is -2.51. The Balaban J connectivity index is 1.81. The molecule has 5 heteroatoms. The van der Waals surface area contributed by atoms with Crippen LogP contribution >= 0.6 is 50.7 Å². The van der Waals surface area contributed by atoms with Crippen LogP contribution in [0.2, 0.25) is 10.0 Å². The quantitative estimate of drug-likeness (QED) is 0.444. The molecule has 2 aliphatic carbocycles. The van der Waals surface area contributed by atoms with E-state index in [0.29, 0.717) is 15.8 Å². The summed E-state index contributed by atoms with van der Waals surface area (Å²) in [5.74, 6) is 0.662. The van der Waals surface area contributed by atoms with Gasteiger partial charge in [-0.05, 0) is 34.8 Å². The van der Waals surface area contributed by atoms with Gasteiger partial charge in [-0.3, -0.25) is 0 Å². The van der Waals surface area contributed by atoms with E-state index in [9.17, 15) is 0 Å². The molecule has 2 fully saturated rings. The van der Waals surface area contributed by atoms with Gasteiger partial charge in [-0.2, -0.15) is 0 Å². The van der Waals surface area contributed by atoms with E-state index in [4.69, 9.17) is 39.5 Å². The van der Waals surface area contributed by atoms with Crippen LogP contribution in [0, 0.1) is 5.41 Å². The maximum Gasteiger partial charge on any atom is 0.139 e. The molecule has 1 spiro atoms. The normalized spacial score (nSPS) is 28.4. The second kappa shape index (κ2) is 5.29. The van der Waals surface area contributed by atoms with E-state index in [2.05, 4.69) is 15.9 Å². The van der Waals surface area contributed by atoms with Crippen LogP contribution in [-0.2, 0) is 0 Å². The van der Waals surface area contributed by atoms with Gasteiger partial charge in [0.25, 0.3) is 0 Å². The lowest BCUT2D eigenvalue weighted by molar-refractivity contribution is -0.0354. The Morgan fingerprint density at radius 1 is 1.16 bits per heavy atom. The van der Waals surface area contributed by atoms with Gasteiger partial charge >= 0.3 is 0 Å². The van der Waals surface area contributed by atoms with Crippen molar-refractivity contribution < 1.29 is 4.74 Å². The van der Waals surface area contributed by atoms with E-state index < -0.39 is 0 Å². The first-order chi connectivity index (χ1) is 9.03. The number of hydrogen-bond acceptors (Lipinski definition) is 1. The minimum atomic E-state index is 0.157. The Labute approximate surface area is 136 Å². The number of ether oxygens (including phenoxy) is 1. The van der Waals surface area contributed by atoms with Crippen LogP contribution in [0.5, 0.6) is 5.75 Å². The molecule has 104 valence electrons. The summed E-state index contributed by atoms with van der Waals surface area (Å²) < 4.78 is 6.89. The molecule has 2 unspecified atom stereocenters. The molecule has 0 N–H and O–H groups in total. The summed E-state index contributed by atoms with van der Waals surface area (Å²) in [5, 5.41) is 1.44. The fourth-order valence-corrected chi connectivity index (χ4v) is 4.64. The Bertz CT molecular complexity index is 500. The number of alkyl halides is 1. The second-order valence-electron chi connectivity index (χ2n) is 5.45. The van der Waals surface area contributed by atoms with Gasteiger partial charge in [0.05, 0.1) is 10.0 Å². The largest absolute Gasteiger partial charge is 0.488 e. The van der Waals surface area contributed by atoms with E-state index >= 15 is 0 Å². The zero-order valence-corrected chi connectivity index (χ0v) is 14.1. The molecule has 3 rings (SSSR count). The van der Waals surface area contributed by atoms with Crippen molar-refractivity contribution in [2.45, 2.75) is 43.6 Å². The third-order valence-electron chi connectivity index (χ3n) is 4.46. The maximum atomic E-state index is 6.42. The van der Waals surface area contributed by atoms with Crippen LogP contribution < -0.4 is 4.74 Å². The van der Waals surface area contributed by atoms with Crippen LogP contribution in [0.1, 0.15) is 32.1 Å². The maximum absolute atomic E-state index is 6.42. The van der Waals surface area contributed by atoms with Gasteiger partial charge < -0.3 is 4.74 Å². The second-order valence-corrected chi connectivity index (χ2v) is 7.64. The number of hydrogen-bond donors (Lipinski definition) is 0. The number of benzene rings is 1. The average molecular weight is 385 g/mol. The highest BCUT2D eigenvalue weighted by molar-refractivity contribution is 9.10. The van der Waals surface area contributed by atoms with E-state index in [1.807, 2.05) is 0 Å². The molecule has 1 aromatic carbocycles. The van der Waals surface area contributed by atoms with Gasteiger partial charge in [-0.25, -0.2) is 0 Å². The van der Waals surface area contributed by atoms with Crippen molar-refractivity contribution in [1.82, 2.24) is 0 Å². The summed E-state index contributed by atoms with van der Waals surface area (Å²) in [5.41, 5.74) is 0.157. The molecule has 0 heterocycles. The van der Waals surface area contributed by atoms with Crippen LogP contribution in [0.4, 0.5) is 0 Å². The zero-order chi connectivity index (χ0) is 13.6. The summed E-state index contributed by atoms with van der Waals surface area (Å²) in [4.78, 5) is 0. The summed E-state index contributed by atoms with van der Waals surface area (Å²) >= 11 is 22.1. The molecule has 0 radical (unpaired) electrons. The van der Waals surface area contributed by atoms with Gasteiger partial charge in [0, 0.05) is 27.8 Å². The number of halogens is 4. The molecule has 2 aliphatic rings. The average Bonchev–Trinajstić information content (AvgIpc) is 2.87. The first-order valence-electron chi connectivity index (χ1n) is 6.48. The molecule has 1 aromatic rings. The molecule has 0 aromatic heterocycles. The number of rotatable bonds is 2. The van der Waals surface area contributed by atoms with E-state index in [-0.39, 0.29) is 16.9 Å². The van der Waals surface area contributed by atoms with Crippen molar-refractivity contribution in [2.75, 3.05) is 0 Å². The van der Waals surface area contributed by atoms with Crippen molar-refractivity contribution in [3.05, 3.63) is 26.7 Å². The minimum Gasteiger partial charge on any atom is -0.488 e. The Hall–Kier alpha value is 0.370. The lowest BCUT2D eigenvalue weighted by Crippen LogP contribution is -2.55. The predicted octanol–water partition coefficient (Wildman–Crippen LogP) is 6.07. The smallest absolute Gasteiger partial charge is 0.139 e. The zero-order valence-electron chi connectivity index (χ0n) is 10.3. The van der Waals surface area contributed by atoms with Crippen LogP contribution in [0.15, 0.2) is 16.6 Å². The standard InChI is InChI=1S/C14H14BrCl3O/c15-8-5-10(17)11(6-9(8)16)19-13-7-12(18)14(13)3-1-2-4-14/h5-6,12-13H,1-4,7H2. The molecule has 19 heavy (non-hydrogen) atoms. The van der Waals surface area contributed by atoms with Crippen molar-refractivity contribution >= 4 is 50.7 Å². The lowest BCUT2D eigenvalue weighted by atomic mass is 9.64. The van der Waals surface area contributed by atoms with Crippen molar-refractivity contribution in [3.63, 3.8) is 0 Å². The Kier molecular flexibility index (Phi) is 3.98. The molecule has 0 saturated heterocycles. The van der Waals surface area contributed by atoms with E-state index in [1.54, 1.807) is 12.1 Å². The molecule has 0 amide bonds. The summed E-state index contributed by atoms with van der Waals surface area (Å²) in [6.07, 6.45) is 5.88. The third kappa shape index (κ3) is 2.39. The highest BCUT2D eigenvalue weighted by Gasteiger charge is 2.57. The molecule has 1 nitrogen and oxygen atoms in total. The van der Waals surface area contributed by atoms with Gasteiger partial charge in [-0.1, -0.05) is 36.0 Å². The van der Waals surface area contributed by atoms with Crippen molar-refractivity contribution in [1.29, 1.82) is 0 Å². The molecule has 0 aliphatic heterocycles. The fourth-order valence-electron chi connectivity index (χ4n) is 3.28. The van der Waals surface area contributed by atoms with Gasteiger partial charge in [0.2, 0.25) is 0 Å². The molecular formula is C14H14BrCl3O. The highest BCUT2D eigenvalue weighted by atomic mass is 79.9. The highest BCUT2D eigenvalue weighted by Crippen LogP contribution is 2.57. The van der Waals surface area contributed by atoms with Crippen LogP contribution in [-0.4, -0.2) is 11.5 Å². The Morgan fingerprint density at radius 3 is 2.47 bits per heavy atom. The topological polar surface area (TPSA) is 9.23 Å². The van der Waals surface area contributed by atoms with E-state index in [0.717, 1.165) is 23.7 Å². The first-order valence-corrected chi connectivity index (χ1v) is 8.47. The SMILES string of the molecule is Clc1cc(OC2CC(Cl)C23CCCC3)c(Cl)cc1Br. The third-order valence-corrected chi connectivity index (χ3v) is 6.57. The molecule has 2 atom stereocenters. The molecule has 2 saturated carbocycles. The first kappa shape index (κ1) is 14.3. The van der Waals surface area contributed by atoms with Crippen LogP contribution in [0.3, 0.4) is 0 Å². The van der Waals surface area contributed by atoms with Crippen molar-refractivity contribution in [2.24, 2.45) is 5.41 Å². The molecule has 0 bridgehead atoms. The molecular weight excluding hydrogens is 370 g/mol. The summed E-state index contributed by atoms with van der Waals surface area (Å²) in [7, 11) is 0. The van der Waals surface area contributed by atoms with Gasteiger partial charge in [0.1, 0.15) is 11.9 Å². The van der Waals surface area contributed by atoms with Gasteiger partial charge in [0.15, 0.2) is 0 Å². The van der Waals surface area contributed by atoms with Crippen LogP contribution in [0.25, 0.3) is 0 Å². The van der Waals surface area contributed by atoms with Crippen molar-refractivity contribution in [3.8, 4) is 5.75 Å². The Morgan fingerprint density at radius 2 is 1.84 bits per heavy atom.